The summed E-state index contributed by atoms with van der Waals surface area (Å²) in [4.78, 5) is 0. The minimum absolute atomic E-state index is 0.921. The molecule has 0 unspecified atom stereocenters. The van der Waals surface area contributed by atoms with E-state index in [2.05, 4.69) is 0 Å². The molecular formula is C12H11P. The summed E-state index contributed by atoms with van der Waals surface area (Å²) >= 11 is 0. The normalized spacial score (nSPS) is 11.3. The van der Waals surface area contributed by atoms with E-state index >= 15 is 0 Å². The highest BCUT2D eigenvalue weighted by Crippen LogP contribution is 2.08. The third-order valence-corrected chi connectivity index (χ3v) is 2.88. The topological polar surface area (TPSA) is 0 Å². The van der Waals surface area contributed by atoms with Crippen molar-refractivity contribution in [3.8, 4) is 0 Å². The molecule has 2 aromatic rings. The van der Waals surface area contributed by atoms with Crippen molar-refractivity contribution in [3.05, 3.63) is 60.7 Å². The summed E-state index contributed by atoms with van der Waals surface area (Å²) in [5.74, 6) is 0. The van der Waals surface area contributed by atoms with Crippen molar-refractivity contribution in [2.75, 3.05) is 0 Å². The summed E-state index contributed by atoms with van der Waals surface area (Å²) in [6.45, 7) is 0. The standard InChI is InChI=1S/C12H11P/c1-3-7-11(8-4-1)13-12-9-5-2-6-10-12/h1-10,13H/i13D. The Hall–Kier alpha value is -1.13. The molecule has 1 heteroatoms. The van der Waals surface area contributed by atoms with Crippen molar-refractivity contribution in [1.29, 1.82) is 1.28 Å². The van der Waals surface area contributed by atoms with Gasteiger partial charge in [0, 0.05) is 0 Å². The molecule has 0 aliphatic rings. The first-order chi connectivity index (χ1) is 6.88. The quantitative estimate of drug-likeness (QED) is 0.633. The first kappa shape index (κ1) is 7.29. The molecule has 0 spiro atoms. The maximum absolute atomic E-state index is 8.12. The third kappa shape index (κ3) is 2.40. The Bertz CT molecular complexity index is 346. The number of hydrogen-bond acceptors (Lipinski definition) is 0. The van der Waals surface area contributed by atoms with Crippen LogP contribution >= 0.6 is 8.53 Å². The van der Waals surface area contributed by atoms with Crippen molar-refractivity contribution < 1.29 is 0 Å². The second-order valence-electron chi connectivity index (χ2n) is 2.78. The maximum Gasteiger partial charge on any atom is 0.0677 e. The van der Waals surface area contributed by atoms with E-state index in [4.69, 9.17) is 1.28 Å². The molecule has 0 nitrogen and oxygen atoms in total. The van der Waals surface area contributed by atoms with Gasteiger partial charge in [-0.2, -0.15) is 0 Å². The molecule has 0 bridgehead atoms. The summed E-state index contributed by atoms with van der Waals surface area (Å²) in [7, 11) is -0.921. The van der Waals surface area contributed by atoms with Crippen LogP contribution in [-0.4, -0.2) is 1.28 Å². The first-order valence-electron chi connectivity index (χ1n) is 4.72. The minimum atomic E-state index is -0.921. The lowest BCUT2D eigenvalue weighted by Crippen LogP contribution is -2.01. The van der Waals surface area contributed by atoms with Gasteiger partial charge in [-0.1, -0.05) is 69.2 Å². The van der Waals surface area contributed by atoms with Gasteiger partial charge in [0.15, 0.2) is 0 Å². The molecule has 0 aliphatic heterocycles. The van der Waals surface area contributed by atoms with E-state index in [-0.39, 0.29) is 0 Å². The highest BCUT2D eigenvalue weighted by atomic mass is 31.1. The minimum Gasteiger partial charge on any atom is -0.0622 e. The summed E-state index contributed by atoms with van der Waals surface area (Å²) in [5.41, 5.74) is 0. The average Bonchev–Trinajstić information content (AvgIpc) is 2.30. The number of benzene rings is 2. The molecule has 0 aliphatic carbocycles. The van der Waals surface area contributed by atoms with Crippen LogP contribution in [0, 0.1) is 0 Å². The fourth-order valence-corrected chi connectivity index (χ4v) is 2.09. The zero-order chi connectivity index (χ0) is 9.80. The van der Waals surface area contributed by atoms with Gasteiger partial charge >= 0.3 is 0 Å². The van der Waals surface area contributed by atoms with Crippen LogP contribution in [0.1, 0.15) is 0 Å². The van der Waals surface area contributed by atoms with Crippen molar-refractivity contribution in [2.45, 2.75) is 0 Å². The molecule has 0 fully saturated rings. The lowest BCUT2D eigenvalue weighted by Gasteiger charge is -2.00. The van der Waals surface area contributed by atoms with E-state index in [0.717, 1.165) is 10.6 Å². The van der Waals surface area contributed by atoms with Crippen LogP contribution in [0.25, 0.3) is 0 Å². The molecule has 64 valence electrons. The van der Waals surface area contributed by atoms with Crippen molar-refractivity contribution in [2.24, 2.45) is 0 Å². The van der Waals surface area contributed by atoms with Gasteiger partial charge in [0.2, 0.25) is 0 Å². The van der Waals surface area contributed by atoms with E-state index in [9.17, 15) is 0 Å². The molecule has 0 N–H and O–H groups in total. The van der Waals surface area contributed by atoms with Gasteiger partial charge in [-0.3, -0.25) is 0 Å². The predicted octanol–water partition coefficient (Wildman–Crippen LogP) is 2.32. The van der Waals surface area contributed by atoms with Gasteiger partial charge in [0.05, 0.1) is 1.28 Å². The largest absolute Gasteiger partial charge is 0.0677 e. The van der Waals surface area contributed by atoms with Crippen LogP contribution < -0.4 is 10.6 Å². The van der Waals surface area contributed by atoms with Gasteiger partial charge in [-0.15, -0.1) is 0 Å². The van der Waals surface area contributed by atoms with E-state index in [1.165, 1.54) is 0 Å². The first-order valence-corrected chi connectivity index (χ1v) is 5.16. The molecule has 13 heavy (non-hydrogen) atoms. The Morgan fingerprint density at radius 3 is 1.46 bits per heavy atom. The molecule has 0 heterocycles. The Morgan fingerprint density at radius 2 is 1.08 bits per heavy atom. The summed E-state index contributed by atoms with van der Waals surface area (Å²) < 4.78 is 8.12. The van der Waals surface area contributed by atoms with Crippen LogP contribution in [-0.2, 0) is 0 Å². The maximum atomic E-state index is 8.12. The van der Waals surface area contributed by atoms with Crippen LogP contribution in [0.3, 0.4) is 0 Å². The lowest BCUT2D eigenvalue weighted by atomic mass is 10.4. The van der Waals surface area contributed by atoms with Gasteiger partial charge in [-0.25, -0.2) is 0 Å². The smallest absolute Gasteiger partial charge is 0.0622 e. The average molecular weight is 187 g/mol. The highest BCUT2D eigenvalue weighted by molar-refractivity contribution is 7.55. The van der Waals surface area contributed by atoms with Gasteiger partial charge in [0.25, 0.3) is 0 Å². The fourth-order valence-electron chi connectivity index (χ4n) is 1.15. The molecule has 0 aromatic heterocycles. The molecular weight excluding hydrogens is 175 g/mol. The van der Waals surface area contributed by atoms with Gasteiger partial charge in [0.1, 0.15) is 0 Å². The Balaban J connectivity index is 2.30. The number of hydrogen-bond donors (Lipinski definition) is 0. The van der Waals surface area contributed by atoms with Gasteiger partial charge < -0.3 is 0 Å². The Kier molecular flexibility index (Phi) is 2.36. The number of rotatable bonds is 2. The predicted molar refractivity (Wildman–Crippen MR) is 60.5 cm³/mol. The molecule has 2 aromatic carbocycles. The molecule has 0 saturated heterocycles. The van der Waals surface area contributed by atoms with Gasteiger partial charge in [-0.05, 0) is 10.6 Å². The van der Waals surface area contributed by atoms with E-state index < -0.39 is 8.53 Å². The summed E-state index contributed by atoms with van der Waals surface area (Å²) in [5, 5.41) is 2.21. The molecule has 0 amide bonds. The summed E-state index contributed by atoms with van der Waals surface area (Å²) in [6, 6.07) is 20.0. The van der Waals surface area contributed by atoms with Crippen molar-refractivity contribution in [3.63, 3.8) is 0 Å². The lowest BCUT2D eigenvalue weighted by molar-refractivity contribution is 1.76. The third-order valence-electron chi connectivity index (χ3n) is 1.77. The van der Waals surface area contributed by atoms with Crippen LogP contribution in [0.4, 0.5) is 0 Å². The van der Waals surface area contributed by atoms with Crippen molar-refractivity contribution in [1.82, 2.24) is 0 Å². The zero-order valence-electron chi connectivity index (χ0n) is 8.22. The molecule has 0 saturated carbocycles. The van der Waals surface area contributed by atoms with Crippen LogP contribution in [0.2, 0.25) is 0 Å². The SMILES string of the molecule is [2H]P(c1ccccc1)c1ccccc1. The van der Waals surface area contributed by atoms with E-state index in [0.29, 0.717) is 0 Å². The molecule has 2 rings (SSSR count). The molecule has 0 atom stereocenters. The second-order valence-corrected chi connectivity index (χ2v) is 4.04. The fraction of sp³-hybridized carbons (Fsp3) is 0. The van der Waals surface area contributed by atoms with Crippen LogP contribution in [0.5, 0.6) is 0 Å². The molecule has 0 radical (unpaired) electrons. The monoisotopic (exact) mass is 187 g/mol. The van der Waals surface area contributed by atoms with E-state index in [1.54, 1.807) is 0 Å². The van der Waals surface area contributed by atoms with Crippen molar-refractivity contribution >= 4 is 19.1 Å². The zero-order valence-corrected chi connectivity index (χ0v) is 8.12. The Morgan fingerprint density at radius 1 is 0.692 bits per heavy atom. The summed E-state index contributed by atoms with van der Waals surface area (Å²) in [6.07, 6.45) is 0. The highest BCUT2D eigenvalue weighted by Gasteiger charge is 1.92. The Labute approximate surface area is 81.7 Å². The second kappa shape index (κ2) is 4.20. The van der Waals surface area contributed by atoms with Crippen LogP contribution in [0.15, 0.2) is 60.7 Å². The van der Waals surface area contributed by atoms with E-state index in [1.807, 2.05) is 60.7 Å².